The van der Waals surface area contributed by atoms with Crippen LogP contribution < -0.4 is 14.8 Å². The summed E-state index contributed by atoms with van der Waals surface area (Å²) in [4.78, 5) is 0. The molecule has 1 N–H and O–H groups in total. The summed E-state index contributed by atoms with van der Waals surface area (Å²) in [5.41, 5.74) is 2.11. The quantitative estimate of drug-likeness (QED) is 0.429. The molecule has 1 saturated carbocycles. The van der Waals surface area contributed by atoms with Crippen molar-refractivity contribution in [2.45, 2.75) is 71.1 Å². The summed E-state index contributed by atoms with van der Waals surface area (Å²) in [5.74, 6) is 1.50. The van der Waals surface area contributed by atoms with Crippen molar-refractivity contribution in [1.29, 1.82) is 0 Å². The molecule has 1 aliphatic rings. The Morgan fingerprint density at radius 1 is 0.900 bits per heavy atom. The molecule has 0 atom stereocenters. The minimum atomic E-state index is 0. The van der Waals surface area contributed by atoms with E-state index in [9.17, 15) is 0 Å². The summed E-state index contributed by atoms with van der Waals surface area (Å²) < 4.78 is 11.8. The van der Waals surface area contributed by atoms with Crippen molar-refractivity contribution < 1.29 is 9.47 Å². The van der Waals surface area contributed by atoms with Crippen LogP contribution in [0.4, 0.5) is 0 Å². The number of ether oxygens (including phenoxy) is 2. The Balaban J connectivity index is 0.00000320. The van der Waals surface area contributed by atoms with Crippen LogP contribution in [0.1, 0.15) is 63.0 Å². The average molecular weight is 473 g/mol. The number of benzene rings is 2. The van der Waals surface area contributed by atoms with Crippen molar-refractivity contribution in [1.82, 2.24) is 5.32 Å². The third-order valence-electron chi connectivity index (χ3n) is 5.41. The van der Waals surface area contributed by atoms with Crippen LogP contribution in [0.3, 0.4) is 0 Å². The standard InChI is InChI=1S/C24H31Cl2NO2.ClH/c1-2-28-24-14-18(16-27-21-8-6-4-3-5-7-9-21)10-13-23(24)29-17-19-11-12-20(25)15-22(19)26;/h10-15,21,27H,2-9,16-17H2,1H3;1H. The Morgan fingerprint density at radius 2 is 1.63 bits per heavy atom. The largest absolute Gasteiger partial charge is 0.490 e. The van der Waals surface area contributed by atoms with E-state index in [2.05, 4.69) is 17.4 Å². The van der Waals surface area contributed by atoms with E-state index < -0.39 is 0 Å². The molecule has 1 aliphatic carbocycles. The minimum absolute atomic E-state index is 0. The molecule has 0 spiro atoms. The van der Waals surface area contributed by atoms with Crippen molar-refractivity contribution >= 4 is 35.6 Å². The SMILES string of the molecule is CCOc1cc(CNC2CCCCCCC2)ccc1OCc1ccc(Cl)cc1Cl.Cl. The van der Waals surface area contributed by atoms with Crippen LogP contribution in [0.5, 0.6) is 11.5 Å². The molecule has 2 aromatic carbocycles. The summed E-state index contributed by atoms with van der Waals surface area (Å²) in [7, 11) is 0. The van der Waals surface area contributed by atoms with Gasteiger partial charge in [0.05, 0.1) is 6.61 Å². The third-order valence-corrected chi connectivity index (χ3v) is 5.99. The van der Waals surface area contributed by atoms with Crippen molar-refractivity contribution in [2.75, 3.05) is 6.61 Å². The first-order valence-electron chi connectivity index (χ1n) is 10.7. The Bertz CT molecular complexity index is 777. The highest BCUT2D eigenvalue weighted by atomic mass is 35.5. The summed E-state index contributed by atoms with van der Waals surface area (Å²) in [6.45, 7) is 3.81. The van der Waals surface area contributed by atoms with Gasteiger partial charge in [0.2, 0.25) is 0 Å². The Hall–Kier alpha value is -1.13. The zero-order valence-corrected chi connectivity index (χ0v) is 19.9. The van der Waals surface area contributed by atoms with E-state index in [4.69, 9.17) is 32.7 Å². The lowest BCUT2D eigenvalue weighted by Gasteiger charge is -2.21. The molecule has 30 heavy (non-hydrogen) atoms. The van der Waals surface area contributed by atoms with Crippen molar-refractivity contribution in [3.05, 3.63) is 57.6 Å². The molecule has 0 unspecified atom stereocenters. The fraction of sp³-hybridized carbons (Fsp3) is 0.500. The zero-order chi connectivity index (χ0) is 20.5. The fourth-order valence-electron chi connectivity index (χ4n) is 3.77. The predicted octanol–water partition coefficient (Wildman–Crippen LogP) is 7.60. The van der Waals surface area contributed by atoms with Crippen LogP contribution in [-0.4, -0.2) is 12.6 Å². The van der Waals surface area contributed by atoms with Gasteiger partial charge in [-0.1, -0.05) is 67.4 Å². The van der Waals surface area contributed by atoms with Gasteiger partial charge in [-0.05, 0) is 49.6 Å². The average Bonchev–Trinajstić information content (AvgIpc) is 2.68. The molecule has 3 rings (SSSR count). The van der Waals surface area contributed by atoms with E-state index in [1.807, 2.05) is 25.1 Å². The molecule has 6 heteroatoms. The van der Waals surface area contributed by atoms with E-state index in [0.717, 1.165) is 23.6 Å². The molecule has 2 aromatic rings. The fourth-order valence-corrected chi connectivity index (χ4v) is 4.23. The van der Waals surface area contributed by atoms with Gasteiger partial charge in [-0.25, -0.2) is 0 Å². The highest BCUT2D eigenvalue weighted by molar-refractivity contribution is 6.35. The van der Waals surface area contributed by atoms with E-state index in [0.29, 0.717) is 29.3 Å². The normalized spacial score (nSPS) is 15.0. The lowest BCUT2D eigenvalue weighted by Crippen LogP contribution is -2.29. The van der Waals surface area contributed by atoms with Crippen LogP contribution in [0.2, 0.25) is 10.0 Å². The summed E-state index contributed by atoms with van der Waals surface area (Å²) in [5, 5.41) is 4.97. The van der Waals surface area contributed by atoms with Crippen LogP contribution in [0.15, 0.2) is 36.4 Å². The number of nitrogens with one attached hydrogen (secondary N) is 1. The van der Waals surface area contributed by atoms with Gasteiger partial charge in [0.15, 0.2) is 11.5 Å². The second-order valence-corrected chi connectivity index (χ2v) is 8.51. The van der Waals surface area contributed by atoms with Crippen molar-refractivity contribution in [3.63, 3.8) is 0 Å². The van der Waals surface area contributed by atoms with E-state index >= 15 is 0 Å². The van der Waals surface area contributed by atoms with Crippen LogP contribution >= 0.6 is 35.6 Å². The summed E-state index contributed by atoms with van der Waals surface area (Å²) >= 11 is 12.2. The Labute approximate surface area is 196 Å². The van der Waals surface area contributed by atoms with E-state index in [1.54, 1.807) is 6.07 Å². The Morgan fingerprint density at radius 3 is 2.33 bits per heavy atom. The smallest absolute Gasteiger partial charge is 0.161 e. The molecule has 166 valence electrons. The van der Waals surface area contributed by atoms with Crippen molar-refractivity contribution in [2.24, 2.45) is 0 Å². The van der Waals surface area contributed by atoms with Gasteiger partial charge in [0, 0.05) is 28.2 Å². The zero-order valence-electron chi connectivity index (χ0n) is 17.6. The second kappa shape index (κ2) is 13.3. The highest BCUT2D eigenvalue weighted by Crippen LogP contribution is 2.31. The lowest BCUT2D eigenvalue weighted by molar-refractivity contribution is 0.269. The van der Waals surface area contributed by atoms with Crippen LogP contribution in [0, 0.1) is 0 Å². The first kappa shape index (κ1) is 25.1. The van der Waals surface area contributed by atoms with Crippen molar-refractivity contribution in [3.8, 4) is 11.5 Å². The summed E-state index contributed by atoms with van der Waals surface area (Å²) in [6, 6.07) is 12.2. The number of halogens is 3. The first-order chi connectivity index (χ1) is 14.2. The van der Waals surface area contributed by atoms with Crippen LogP contribution in [0.25, 0.3) is 0 Å². The number of rotatable bonds is 8. The minimum Gasteiger partial charge on any atom is -0.490 e. The molecule has 0 aliphatic heterocycles. The maximum absolute atomic E-state index is 6.25. The molecular formula is C24H32Cl3NO2. The van der Waals surface area contributed by atoms with Gasteiger partial charge < -0.3 is 14.8 Å². The second-order valence-electron chi connectivity index (χ2n) is 7.66. The molecule has 3 nitrogen and oxygen atoms in total. The maximum atomic E-state index is 6.25. The maximum Gasteiger partial charge on any atom is 0.161 e. The van der Waals surface area contributed by atoms with Gasteiger partial charge >= 0.3 is 0 Å². The van der Waals surface area contributed by atoms with Gasteiger partial charge in [-0.3, -0.25) is 0 Å². The molecule has 0 aromatic heterocycles. The topological polar surface area (TPSA) is 30.5 Å². The van der Waals surface area contributed by atoms with Crippen LogP contribution in [-0.2, 0) is 13.2 Å². The lowest BCUT2D eigenvalue weighted by atomic mass is 9.96. The van der Waals surface area contributed by atoms with E-state index in [-0.39, 0.29) is 12.4 Å². The number of hydrogen-bond acceptors (Lipinski definition) is 3. The molecule has 0 amide bonds. The third kappa shape index (κ3) is 7.85. The molecule has 0 bridgehead atoms. The number of hydrogen-bond donors (Lipinski definition) is 1. The van der Waals surface area contributed by atoms with Gasteiger partial charge in [-0.2, -0.15) is 0 Å². The monoisotopic (exact) mass is 471 g/mol. The predicted molar refractivity (Wildman–Crippen MR) is 129 cm³/mol. The van der Waals surface area contributed by atoms with Gasteiger partial charge in [0.1, 0.15) is 6.61 Å². The molecule has 0 saturated heterocycles. The Kier molecular flexibility index (Phi) is 11.2. The molecule has 0 heterocycles. The first-order valence-corrected chi connectivity index (χ1v) is 11.5. The highest BCUT2D eigenvalue weighted by Gasteiger charge is 2.12. The summed E-state index contributed by atoms with van der Waals surface area (Å²) in [6.07, 6.45) is 9.37. The molecule has 1 fully saturated rings. The molecule has 0 radical (unpaired) electrons. The van der Waals surface area contributed by atoms with Gasteiger partial charge in [-0.15, -0.1) is 12.4 Å². The van der Waals surface area contributed by atoms with E-state index in [1.165, 1.54) is 50.5 Å². The van der Waals surface area contributed by atoms with Gasteiger partial charge in [0.25, 0.3) is 0 Å². The molecular weight excluding hydrogens is 441 g/mol.